The number of ether oxygens (including phenoxy) is 4. The van der Waals surface area contributed by atoms with Crippen LogP contribution >= 0.6 is 0 Å². The Kier molecular flexibility index (Phi) is 13.1. The molecule has 3 aromatic heterocycles. The number of fused-ring (bicyclic) bond motifs is 2. The number of hydrogen-bond donors (Lipinski definition) is 0. The molecule has 0 N–H and O–H groups in total. The lowest BCUT2D eigenvalue weighted by molar-refractivity contribution is 0.0333. The fraction of sp³-hybridized carbons (Fsp3) is 0.208. The topological polar surface area (TPSA) is 131 Å². The minimum atomic E-state index is -0.103. The highest BCUT2D eigenvalue weighted by Gasteiger charge is 2.13. The van der Waals surface area contributed by atoms with E-state index in [4.69, 9.17) is 27.8 Å². The van der Waals surface area contributed by atoms with Gasteiger partial charge in [-0.05, 0) is 29.8 Å². The number of rotatable bonds is 20. The minimum absolute atomic E-state index is 0.0988. The lowest BCUT2D eigenvalue weighted by Gasteiger charge is -2.21. The summed E-state index contributed by atoms with van der Waals surface area (Å²) in [5.41, 5.74) is 4.43. The first-order valence-electron chi connectivity index (χ1n) is 19.9. The minimum Gasteiger partial charge on any atom is -0.492 e. The highest BCUT2D eigenvalue weighted by Crippen LogP contribution is 2.26. The Morgan fingerprint density at radius 2 is 1.08 bits per heavy atom. The van der Waals surface area contributed by atoms with E-state index in [2.05, 4.69) is 27.3 Å². The summed E-state index contributed by atoms with van der Waals surface area (Å²) in [5, 5.41) is 9.75. The SMILES string of the molecule is O=c1cc(-c2ccccc2)oc2cc(OCCOCCOCCn3cc(CN(CCOc4ccc5c(=O)cc(-c6ccccc6)oc5c4)Cc4ccccc4)nn3)ccc12. The monoisotopic (exact) mass is 804 g/mol. The van der Waals surface area contributed by atoms with Gasteiger partial charge >= 0.3 is 0 Å². The second-order valence-corrected chi connectivity index (χ2v) is 14.1. The van der Waals surface area contributed by atoms with Crippen molar-refractivity contribution >= 4 is 21.9 Å². The Labute approximate surface area is 346 Å². The third kappa shape index (κ3) is 10.6. The molecule has 304 valence electrons. The zero-order chi connectivity index (χ0) is 40.9. The Morgan fingerprint density at radius 3 is 1.68 bits per heavy atom. The molecule has 0 fully saturated rings. The van der Waals surface area contributed by atoms with Crippen LogP contribution in [0, 0.1) is 0 Å². The van der Waals surface area contributed by atoms with Crippen LogP contribution in [-0.4, -0.2) is 66.1 Å². The van der Waals surface area contributed by atoms with Gasteiger partial charge in [-0.3, -0.25) is 14.5 Å². The summed E-state index contributed by atoms with van der Waals surface area (Å²) in [7, 11) is 0. The quantitative estimate of drug-likeness (QED) is 0.0695. The van der Waals surface area contributed by atoms with Crippen LogP contribution in [0.25, 0.3) is 44.6 Å². The average Bonchev–Trinajstić information content (AvgIpc) is 3.73. The maximum atomic E-state index is 12.8. The molecule has 0 aliphatic rings. The number of benzene rings is 5. The molecule has 8 rings (SSSR count). The summed E-state index contributed by atoms with van der Waals surface area (Å²) in [4.78, 5) is 27.7. The van der Waals surface area contributed by atoms with Gasteiger partial charge in [0.25, 0.3) is 0 Å². The van der Waals surface area contributed by atoms with E-state index in [-0.39, 0.29) is 10.9 Å². The molecule has 3 heterocycles. The molecule has 0 spiro atoms. The summed E-state index contributed by atoms with van der Waals surface area (Å²) >= 11 is 0. The molecule has 0 unspecified atom stereocenters. The maximum absolute atomic E-state index is 12.8. The molecule has 0 saturated heterocycles. The van der Waals surface area contributed by atoms with Crippen molar-refractivity contribution in [2.75, 3.05) is 46.2 Å². The van der Waals surface area contributed by atoms with Gasteiger partial charge in [0.1, 0.15) is 47.4 Å². The van der Waals surface area contributed by atoms with Crippen molar-refractivity contribution in [2.45, 2.75) is 19.6 Å². The van der Waals surface area contributed by atoms with Crippen molar-refractivity contribution < 1.29 is 27.8 Å². The van der Waals surface area contributed by atoms with E-state index in [9.17, 15) is 9.59 Å². The van der Waals surface area contributed by atoms with E-state index in [1.54, 1.807) is 41.1 Å². The van der Waals surface area contributed by atoms with E-state index < -0.39 is 0 Å². The van der Waals surface area contributed by atoms with Crippen LogP contribution in [-0.2, 0) is 29.1 Å². The van der Waals surface area contributed by atoms with Gasteiger partial charge in [0, 0.05) is 61.2 Å². The van der Waals surface area contributed by atoms with Gasteiger partial charge in [0.2, 0.25) is 0 Å². The first-order valence-corrected chi connectivity index (χ1v) is 19.9. The predicted molar refractivity (Wildman–Crippen MR) is 229 cm³/mol. The molecule has 0 aliphatic carbocycles. The fourth-order valence-corrected chi connectivity index (χ4v) is 6.74. The maximum Gasteiger partial charge on any atom is 0.193 e. The van der Waals surface area contributed by atoms with Gasteiger partial charge in [0.05, 0.1) is 49.4 Å². The summed E-state index contributed by atoms with van der Waals surface area (Å²) in [6.07, 6.45) is 1.94. The number of aromatic nitrogens is 3. The van der Waals surface area contributed by atoms with Crippen molar-refractivity contribution in [1.29, 1.82) is 0 Å². The summed E-state index contributed by atoms with van der Waals surface area (Å²) in [6.45, 7) is 4.87. The molecule has 12 nitrogen and oxygen atoms in total. The molecule has 60 heavy (non-hydrogen) atoms. The normalized spacial score (nSPS) is 11.4. The van der Waals surface area contributed by atoms with E-state index in [1.807, 2.05) is 85.1 Å². The molecular formula is C48H44N4O8. The first kappa shape index (κ1) is 39.9. The summed E-state index contributed by atoms with van der Waals surface area (Å²) in [6, 6.07) is 42.9. The molecule has 0 atom stereocenters. The zero-order valence-corrected chi connectivity index (χ0v) is 33.0. The van der Waals surface area contributed by atoms with Crippen LogP contribution in [0.15, 0.2) is 164 Å². The lowest BCUT2D eigenvalue weighted by Crippen LogP contribution is -2.28. The van der Waals surface area contributed by atoms with Gasteiger partial charge in [-0.1, -0.05) is 96.2 Å². The van der Waals surface area contributed by atoms with Crippen molar-refractivity contribution in [3.63, 3.8) is 0 Å². The van der Waals surface area contributed by atoms with Crippen molar-refractivity contribution in [1.82, 2.24) is 19.9 Å². The highest BCUT2D eigenvalue weighted by atomic mass is 16.5. The smallest absolute Gasteiger partial charge is 0.193 e. The Morgan fingerprint density at radius 1 is 0.550 bits per heavy atom. The molecule has 0 saturated carbocycles. The fourth-order valence-electron chi connectivity index (χ4n) is 6.74. The molecule has 12 heteroatoms. The molecular weight excluding hydrogens is 761 g/mol. The van der Waals surface area contributed by atoms with E-state index in [1.165, 1.54) is 17.7 Å². The van der Waals surface area contributed by atoms with Crippen LogP contribution < -0.4 is 20.3 Å². The molecule has 0 amide bonds. The Hall–Kier alpha value is -6.86. The number of hydrogen-bond acceptors (Lipinski definition) is 11. The molecule has 0 bridgehead atoms. The second-order valence-electron chi connectivity index (χ2n) is 14.1. The van der Waals surface area contributed by atoms with E-state index >= 15 is 0 Å². The van der Waals surface area contributed by atoms with Crippen LogP contribution in [0.4, 0.5) is 0 Å². The largest absolute Gasteiger partial charge is 0.492 e. The summed E-state index contributed by atoms with van der Waals surface area (Å²) < 4.78 is 37.4. The van der Waals surface area contributed by atoms with Crippen molar-refractivity contribution in [2.24, 2.45) is 0 Å². The van der Waals surface area contributed by atoms with Gasteiger partial charge in [0.15, 0.2) is 10.9 Å². The van der Waals surface area contributed by atoms with Crippen LogP contribution in [0.3, 0.4) is 0 Å². The molecule has 0 radical (unpaired) electrons. The lowest BCUT2D eigenvalue weighted by atomic mass is 10.1. The van der Waals surface area contributed by atoms with Crippen LogP contribution in [0.5, 0.6) is 11.5 Å². The molecule has 0 aliphatic heterocycles. The molecule has 8 aromatic rings. The van der Waals surface area contributed by atoms with Crippen molar-refractivity contribution in [3.8, 4) is 34.1 Å². The van der Waals surface area contributed by atoms with E-state index in [0.29, 0.717) is 111 Å². The molecule has 5 aromatic carbocycles. The first-order chi connectivity index (χ1) is 29.5. The van der Waals surface area contributed by atoms with Gasteiger partial charge in [-0.2, -0.15) is 0 Å². The second kappa shape index (κ2) is 19.7. The third-order valence-corrected chi connectivity index (χ3v) is 9.75. The standard InChI is InChI=1S/C48H44N4O8/c53-43-30-45(36-12-6-2-7-13-36)59-47-28-39(16-18-41(43)47)57-23-20-51(32-35-10-4-1-5-11-35)33-38-34-52(50-49-38)21-22-55-24-25-56-26-27-58-40-17-19-42-44(54)31-46(60-48(42)29-40)37-14-8-3-9-15-37/h1-19,28-31,34H,20-27,32-33H2. The van der Waals surface area contributed by atoms with Gasteiger partial charge < -0.3 is 27.8 Å². The van der Waals surface area contributed by atoms with Gasteiger partial charge in [-0.15, -0.1) is 5.10 Å². The van der Waals surface area contributed by atoms with Crippen molar-refractivity contribution in [3.05, 3.63) is 177 Å². The highest BCUT2D eigenvalue weighted by molar-refractivity contribution is 5.81. The Bertz CT molecular complexity index is 2740. The van der Waals surface area contributed by atoms with Crippen LogP contribution in [0.1, 0.15) is 11.3 Å². The Balaban J connectivity index is 0.767. The van der Waals surface area contributed by atoms with Crippen LogP contribution in [0.2, 0.25) is 0 Å². The van der Waals surface area contributed by atoms with E-state index in [0.717, 1.165) is 16.8 Å². The predicted octanol–water partition coefficient (Wildman–Crippen LogP) is 8.02. The third-order valence-electron chi connectivity index (χ3n) is 9.75. The van der Waals surface area contributed by atoms with Gasteiger partial charge in [-0.25, -0.2) is 4.68 Å². The summed E-state index contributed by atoms with van der Waals surface area (Å²) in [5.74, 6) is 2.24. The average molecular weight is 805 g/mol. The zero-order valence-electron chi connectivity index (χ0n) is 33.0. The number of nitrogens with zero attached hydrogens (tertiary/aromatic N) is 4.